The van der Waals surface area contributed by atoms with Gasteiger partial charge in [-0.25, -0.2) is 0 Å². The molecule has 0 aliphatic carbocycles. The van der Waals surface area contributed by atoms with E-state index < -0.39 is 0 Å². The summed E-state index contributed by atoms with van der Waals surface area (Å²) in [7, 11) is 5.77. The molecule has 0 radical (unpaired) electrons. The molecule has 5 nitrogen and oxygen atoms in total. The number of rotatable bonds is 5. The quantitative estimate of drug-likeness (QED) is 0.919. The van der Waals surface area contributed by atoms with Crippen molar-refractivity contribution >= 4 is 23.2 Å². The van der Waals surface area contributed by atoms with Gasteiger partial charge in [0.25, 0.3) is 5.91 Å². The van der Waals surface area contributed by atoms with Crippen LogP contribution in [0.2, 0.25) is 0 Å². The van der Waals surface area contributed by atoms with Crippen LogP contribution in [0.25, 0.3) is 0 Å². The lowest BCUT2D eigenvalue weighted by molar-refractivity contribution is -0.114. The van der Waals surface area contributed by atoms with Crippen LogP contribution in [0.15, 0.2) is 48.5 Å². The molecule has 126 valence electrons. The molecule has 0 heterocycles. The molecular weight excluding hydrogens is 302 g/mol. The third-order valence-corrected chi connectivity index (χ3v) is 3.67. The summed E-state index contributed by atoms with van der Waals surface area (Å²) in [4.78, 5) is 27.2. The van der Waals surface area contributed by atoms with Crippen LogP contribution >= 0.6 is 0 Å². The molecule has 0 bridgehead atoms. The number of nitrogens with zero attached hydrogens (tertiary/aromatic N) is 2. The van der Waals surface area contributed by atoms with E-state index in [4.69, 9.17) is 0 Å². The summed E-state index contributed by atoms with van der Waals surface area (Å²) in [5, 5.41) is 2.69. The molecule has 0 saturated carbocycles. The molecular formula is C19H23N3O2. The van der Waals surface area contributed by atoms with Crippen LogP contribution in [0.4, 0.5) is 11.4 Å². The van der Waals surface area contributed by atoms with Crippen molar-refractivity contribution in [2.75, 3.05) is 31.4 Å². The third kappa shape index (κ3) is 4.59. The largest absolute Gasteiger partial charge is 0.378 e. The van der Waals surface area contributed by atoms with Gasteiger partial charge >= 0.3 is 0 Å². The average molecular weight is 325 g/mol. The van der Waals surface area contributed by atoms with Gasteiger partial charge in [0, 0.05) is 51.5 Å². The summed E-state index contributed by atoms with van der Waals surface area (Å²) in [6.07, 6.45) is 0. The van der Waals surface area contributed by atoms with Crippen molar-refractivity contribution in [1.82, 2.24) is 4.90 Å². The Morgan fingerprint density at radius 3 is 2.00 bits per heavy atom. The number of anilines is 2. The normalized spacial score (nSPS) is 10.2. The number of benzene rings is 2. The molecule has 0 aromatic heterocycles. The van der Waals surface area contributed by atoms with Gasteiger partial charge < -0.3 is 15.1 Å². The predicted octanol–water partition coefficient (Wildman–Crippen LogP) is 2.98. The molecule has 2 aromatic rings. The van der Waals surface area contributed by atoms with Crippen molar-refractivity contribution in [2.24, 2.45) is 0 Å². The van der Waals surface area contributed by atoms with Gasteiger partial charge in [-0.1, -0.05) is 12.1 Å². The first-order valence-electron chi connectivity index (χ1n) is 7.76. The van der Waals surface area contributed by atoms with E-state index in [9.17, 15) is 9.59 Å². The fourth-order valence-electron chi connectivity index (χ4n) is 2.36. The van der Waals surface area contributed by atoms with Crippen molar-refractivity contribution in [1.29, 1.82) is 0 Å². The molecule has 0 fully saturated rings. The maximum Gasteiger partial charge on any atom is 0.253 e. The van der Waals surface area contributed by atoms with Gasteiger partial charge in [0.2, 0.25) is 5.91 Å². The third-order valence-electron chi connectivity index (χ3n) is 3.67. The summed E-state index contributed by atoms with van der Waals surface area (Å²) in [6.45, 7) is 1.99. The Morgan fingerprint density at radius 1 is 0.917 bits per heavy atom. The highest BCUT2D eigenvalue weighted by Crippen LogP contribution is 2.15. The van der Waals surface area contributed by atoms with Crippen LogP contribution in [-0.4, -0.2) is 37.9 Å². The van der Waals surface area contributed by atoms with E-state index in [0.29, 0.717) is 17.8 Å². The Bertz CT molecular complexity index is 706. The second kappa shape index (κ2) is 7.64. The first-order valence-corrected chi connectivity index (χ1v) is 7.76. The van der Waals surface area contributed by atoms with E-state index in [0.717, 1.165) is 11.3 Å². The fourth-order valence-corrected chi connectivity index (χ4v) is 2.36. The van der Waals surface area contributed by atoms with E-state index in [-0.39, 0.29) is 11.8 Å². The zero-order chi connectivity index (χ0) is 17.7. The lowest BCUT2D eigenvalue weighted by Crippen LogP contribution is -2.26. The average Bonchev–Trinajstić information content (AvgIpc) is 2.54. The highest BCUT2D eigenvalue weighted by Gasteiger charge is 2.12. The summed E-state index contributed by atoms with van der Waals surface area (Å²) < 4.78 is 0. The molecule has 0 unspecified atom stereocenters. The first kappa shape index (κ1) is 17.5. The molecule has 0 spiro atoms. The SMILES string of the molecule is CC(=O)Nc1ccc(C(=O)N(C)Cc2ccc(N(C)C)cc2)cc1. The number of hydrogen-bond donors (Lipinski definition) is 1. The Kier molecular flexibility index (Phi) is 5.58. The van der Waals surface area contributed by atoms with Gasteiger partial charge in [-0.05, 0) is 42.0 Å². The van der Waals surface area contributed by atoms with Crippen LogP contribution in [0.1, 0.15) is 22.8 Å². The minimum absolute atomic E-state index is 0.0546. The summed E-state index contributed by atoms with van der Waals surface area (Å²) in [5.74, 6) is -0.187. The minimum atomic E-state index is -0.132. The smallest absolute Gasteiger partial charge is 0.253 e. The van der Waals surface area contributed by atoms with Crippen LogP contribution in [0.5, 0.6) is 0 Å². The molecule has 0 saturated heterocycles. The molecule has 5 heteroatoms. The Morgan fingerprint density at radius 2 is 1.50 bits per heavy atom. The van der Waals surface area contributed by atoms with Crippen molar-refractivity contribution in [3.8, 4) is 0 Å². The maximum absolute atomic E-state index is 12.5. The van der Waals surface area contributed by atoms with Gasteiger partial charge in [0.05, 0.1) is 0 Å². The number of carbonyl (C=O) groups is 2. The molecule has 2 aromatic carbocycles. The van der Waals surface area contributed by atoms with Crippen molar-refractivity contribution < 1.29 is 9.59 Å². The van der Waals surface area contributed by atoms with Crippen LogP contribution < -0.4 is 10.2 Å². The Hall–Kier alpha value is -2.82. The summed E-state index contributed by atoms with van der Waals surface area (Å²) >= 11 is 0. The van der Waals surface area contributed by atoms with Gasteiger partial charge in [0.1, 0.15) is 0 Å². The second-order valence-corrected chi connectivity index (χ2v) is 5.98. The van der Waals surface area contributed by atoms with E-state index in [1.165, 1.54) is 6.92 Å². The van der Waals surface area contributed by atoms with E-state index >= 15 is 0 Å². The molecule has 2 amide bonds. The van der Waals surface area contributed by atoms with Crippen molar-refractivity contribution in [2.45, 2.75) is 13.5 Å². The number of amides is 2. The molecule has 0 aliphatic rings. The molecule has 1 N–H and O–H groups in total. The lowest BCUT2D eigenvalue weighted by atomic mass is 10.1. The predicted molar refractivity (Wildman–Crippen MR) is 97.3 cm³/mol. The molecule has 0 atom stereocenters. The molecule has 2 rings (SSSR count). The van der Waals surface area contributed by atoms with Crippen LogP contribution in [0.3, 0.4) is 0 Å². The number of hydrogen-bond acceptors (Lipinski definition) is 3. The lowest BCUT2D eigenvalue weighted by Gasteiger charge is -2.18. The number of nitrogens with one attached hydrogen (secondary N) is 1. The van der Waals surface area contributed by atoms with Gasteiger partial charge in [-0.15, -0.1) is 0 Å². The van der Waals surface area contributed by atoms with E-state index in [1.807, 2.05) is 43.3 Å². The topological polar surface area (TPSA) is 52.7 Å². The maximum atomic E-state index is 12.5. The van der Waals surface area contributed by atoms with E-state index in [1.54, 1.807) is 36.2 Å². The Labute approximate surface area is 142 Å². The summed E-state index contributed by atoms with van der Waals surface area (Å²) in [5.41, 5.74) is 3.48. The van der Waals surface area contributed by atoms with Gasteiger partial charge in [0.15, 0.2) is 0 Å². The van der Waals surface area contributed by atoms with Crippen LogP contribution in [-0.2, 0) is 11.3 Å². The summed E-state index contributed by atoms with van der Waals surface area (Å²) in [6, 6.07) is 15.0. The van der Waals surface area contributed by atoms with Gasteiger partial charge in [-0.2, -0.15) is 0 Å². The number of carbonyl (C=O) groups excluding carboxylic acids is 2. The second-order valence-electron chi connectivity index (χ2n) is 5.98. The highest BCUT2D eigenvalue weighted by molar-refractivity contribution is 5.95. The standard InChI is InChI=1S/C19H23N3O2/c1-14(23)20-17-9-7-16(8-10-17)19(24)22(4)13-15-5-11-18(12-6-15)21(2)3/h5-12H,13H2,1-4H3,(H,20,23). The fraction of sp³-hybridized carbons (Fsp3) is 0.263. The van der Waals surface area contributed by atoms with E-state index in [2.05, 4.69) is 5.32 Å². The first-order chi connectivity index (χ1) is 11.4. The molecule has 24 heavy (non-hydrogen) atoms. The Balaban J connectivity index is 2.02. The van der Waals surface area contributed by atoms with Crippen molar-refractivity contribution in [3.63, 3.8) is 0 Å². The minimum Gasteiger partial charge on any atom is -0.378 e. The van der Waals surface area contributed by atoms with Crippen molar-refractivity contribution in [3.05, 3.63) is 59.7 Å². The molecule has 0 aliphatic heterocycles. The zero-order valence-corrected chi connectivity index (χ0v) is 14.5. The van der Waals surface area contributed by atoms with Crippen LogP contribution in [0, 0.1) is 0 Å². The zero-order valence-electron chi connectivity index (χ0n) is 14.5. The van der Waals surface area contributed by atoms with Gasteiger partial charge in [-0.3, -0.25) is 9.59 Å². The monoisotopic (exact) mass is 325 g/mol. The highest BCUT2D eigenvalue weighted by atomic mass is 16.2.